The summed E-state index contributed by atoms with van der Waals surface area (Å²) in [4.78, 5) is 0.0730. The Kier molecular flexibility index (Phi) is 4.35. The Balaban J connectivity index is 2.20. The second-order valence-corrected chi connectivity index (χ2v) is 7.03. The van der Waals surface area contributed by atoms with Crippen LogP contribution in [0, 0.1) is 0 Å². The van der Waals surface area contributed by atoms with Crippen molar-refractivity contribution in [2.45, 2.75) is 23.8 Å². The second kappa shape index (κ2) is 5.66. The molecular formula is C12H17ClN2O3S. The normalized spacial score (nSPS) is 20.1. The second-order valence-electron chi connectivity index (χ2n) is 4.61. The summed E-state index contributed by atoms with van der Waals surface area (Å²) in [6.45, 7) is 1.03. The number of nitrogen functional groups attached to an aromatic ring is 1. The van der Waals surface area contributed by atoms with Crippen LogP contribution in [0.2, 0.25) is 5.02 Å². The summed E-state index contributed by atoms with van der Waals surface area (Å²) in [6.07, 6.45) is 1.82. The zero-order valence-corrected chi connectivity index (χ0v) is 12.2. The molecule has 1 heterocycles. The van der Waals surface area contributed by atoms with Crippen molar-refractivity contribution in [2.75, 3.05) is 25.9 Å². The standard InChI is InChI=1S/C12H17ClN2O3S/c1-15(8-10-3-2-6-18-10)19(16,17)12-5-4-9(14)7-11(12)13/h4-5,7,10H,2-3,6,8,14H2,1H3. The Morgan fingerprint density at radius 1 is 1.53 bits per heavy atom. The average molecular weight is 305 g/mol. The van der Waals surface area contributed by atoms with E-state index in [2.05, 4.69) is 0 Å². The van der Waals surface area contributed by atoms with Gasteiger partial charge in [0.1, 0.15) is 4.90 Å². The molecule has 1 atom stereocenters. The first-order valence-corrected chi connectivity index (χ1v) is 7.86. The number of halogens is 1. The minimum Gasteiger partial charge on any atom is -0.399 e. The Morgan fingerprint density at radius 2 is 2.26 bits per heavy atom. The van der Waals surface area contributed by atoms with E-state index in [1.165, 1.54) is 29.6 Å². The molecule has 1 aliphatic heterocycles. The van der Waals surface area contributed by atoms with Crippen LogP contribution in [0.1, 0.15) is 12.8 Å². The van der Waals surface area contributed by atoms with Crippen molar-refractivity contribution in [2.24, 2.45) is 0 Å². The van der Waals surface area contributed by atoms with Crippen LogP contribution in [-0.2, 0) is 14.8 Å². The third kappa shape index (κ3) is 3.20. The number of nitrogens with two attached hydrogens (primary N) is 1. The van der Waals surface area contributed by atoms with Crippen LogP contribution in [-0.4, -0.2) is 39.0 Å². The number of hydrogen-bond acceptors (Lipinski definition) is 4. The average Bonchev–Trinajstić information content (AvgIpc) is 2.81. The molecule has 1 saturated heterocycles. The smallest absolute Gasteiger partial charge is 0.244 e. The van der Waals surface area contributed by atoms with Crippen molar-refractivity contribution in [1.29, 1.82) is 0 Å². The molecule has 0 amide bonds. The van der Waals surface area contributed by atoms with Crippen LogP contribution in [0.15, 0.2) is 23.1 Å². The number of rotatable bonds is 4. The monoisotopic (exact) mass is 304 g/mol. The summed E-state index contributed by atoms with van der Waals surface area (Å²) in [6, 6.07) is 4.39. The number of sulfonamides is 1. The molecule has 0 saturated carbocycles. The Hall–Kier alpha value is -0.820. The zero-order chi connectivity index (χ0) is 14.0. The Bertz CT molecular complexity index is 556. The number of anilines is 1. The fourth-order valence-corrected chi connectivity index (χ4v) is 3.79. The number of ether oxygens (including phenoxy) is 1. The SMILES string of the molecule is CN(CC1CCCO1)S(=O)(=O)c1ccc(N)cc1Cl. The molecule has 5 nitrogen and oxygen atoms in total. The van der Waals surface area contributed by atoms with Gasteiger partial charge < -0.3 is 10.5 Å². The van der Waals surface area contributed by atoms with E-state index < -0.39 is 10.0 Å². The highest BCUT2D eigenvalue weighted by molar-refractivity contribution is 7.89. The summed E-state index contributed by atoms with van der Waals surface area (Å²) >= 11 is 5.96. The number of nitrogens with zero attached hydrogens (tertiary/aromatic N) is 1. The summed E-state index contributed by atoms with van der Waals surface area (Å²) in [5.41, 5.74) is 6.00. The number of hydrogen-bond donors (Lipinski definition) is 1. The highest BCUT2D eigenvalue weighted by atomic mass is 35.5. The van der Waals surface area contributed by atoms with E-state index in [0.29, 0.717) is 18.8 Å². The lowest BCUT2D eigenvalue weighted by atomic mass is 10.2. The van der Waals surface area contributed by atoms with Gasteiger partial charge in [-0.25, -0.2) is 8.42 Å². The van der Waals surface area contributed by atoms with Crippen molar-refractivity contribution in [3.8, 4) is 0 Å². The van der Waals surface area contributed by atoms with Gasteiger partial charge in [0.2, 0.25) is 10.0 Å². The van der Waals surface area contributed by atoms with Crippen LogP contribution in [0.3, 0.4) is 0 Å². The van der Waals surface area contributed by atoms with Crippen molar-refractivity contribution >= 4 is 27.3 Å². The molecule has 1 unspecified atom stereocenters. The van der Waals surface area contributed by atoms with E-state index in [1.807, 2.05) is 0 Å². The van der Waals surface area contributed by atoms with E-state index in [0.717, 1.165) is 12.8 Å². The fraction of sp³-hybridized carbons (Fsp3) is 0.500. The molecule has 1 fully saturated rings. The maximum absolute atomic E-state index is 12.4. The van der Waals surface area contributed by atoms with Gasteiger partial charge in [0.25, 0.3) is 0 Å². The van der Waals surface area contributed by atoms with Gasteiger partial charge in [-0.15, -0.1) is 0 Å². The molecule has 1 aromatic carbocycles. The third-order valence-corrected chi connectivity index (χ3v) is 5.44. The molecule has 2 N–H and O–H groups in total. The van der Waals surface area contributed by atoms with E-state index in [-0.39, 0.29) is 16.0 Å². The van der Waals surface area contributed by atoms with E-state index in [4.69, 9.17) is 22.1 Å². The molecule has 0 aromatic heterocycles. The minimum atomic E-state index is -3.61. The van der Waals surface area contributed by atoms with Crippen molar-refractivity contribution in [3.63, 3.8) is 0 Å². The summed E-state index contributed by atoms with van der Waals surface area (Å²) in [5.74, 6) is 0. The molecule has 1 aliphatic rings. The zero-order valence-electron chi connectivity index (χ0n) is 10.7. The Morgan fingerprint density at radius 3 is 2.84 bits per heavy atom. The predicted octanol–water partition coefficient (Wildman–Crippen LogP) is 1.72. The van der Waals surface area contributed by atoms with Gasteiger partial charge in [0.05, 0.1) is 11.1 Å². The van der Waals surface area contributed by atoms with Crippen LogP contribution in [0.25, 0.3) is 0 Å². The van der Waals surface area contributed by atoms with Crippen molar-refractivity contribution < 1.29 is 13.2 Å². The van der Waals surface area contributed by atoms with Gasteiger partial charge in [-0.2, -0.15) is 4.31 Å². The van der Waals surface area contributed by atoms with Crippen molar-refractivity contribution in [1.82, 2.24) is 4.31 Å². The van der Waals surface area contributed by atoms with Gasteiger partial charge in [0.15, 0.2) is 0 Å². The lowest BCUT2D eigenvalue weighted by molar-refractivity contribution is 0.0979. The quantitative estimate of drug-likeness (QED) is 0.860. The molecule has 0 spiro atoms. The first-order chi connectivity index (χ1) is 8.91. The summed E-state index contributed by atoms with van der Waals surface area (Å²) in [7, 11) is -2.08. The van der Waals surface area contributed by atoms with Gasteiger partial charge in [0, 0.05) is 25.9 Å². The number of benzene rings is 1. The van der Waals surface area contributed by atoms with Gasteiger partial charge in [-0.05, 0) is 31.0 Å². The minimum absolute atomic E-state index is 0.0349. The lowest BCUT2D eigenvalue weighted by Crippen LogP contribution is -2.34. The largest absolute Gasteiger partial charge is 0.399 e. The first kappa shape index (κ1) is 14.6. The van der Waals surface area contributed by atoms with Gasteiger partial charge >= 0.3 is 0 Å². The van der Waals surface area contributed by atoms with Crippen LogP contribution in [0.4, 0.5) is 5.69 Å². The highest BCUT2D eigenvalue weighted by Crippen LogP contribution is 2.26. The highest BCUT2D eigenvalue weighted by Gasteiger charge is 2.27. The number of likely N-dealkylation sites (N-methyl/N-ethyl adjacent to an activating group) is 1. The van der Waals surface area contributed by atoms with Crippen LogP contribution < -0.4 is 5.73 Å². The lowest BCUT2D eigenvalue weighted by Gasteiger charge is -2.21. The molecule has 1 aromatic rings. The predicted molar refractivity (Wildman–Crippen MR) is 74.7 cm³/mol. The molecular weight excluding hydrogens is 288 g/mol. The first-order valence-electron chi connectivity index (χ1n) is 6.04. The molecule has 106 valence electrons. The van der Waals surface area contributed by atoms with E-state index in [1.54, 1.807) is 0 Å². The molecule has 0 bridgehead atoms. The molecule has 19 heavy (non-hydrogen) atoms. The van der Waals surface area contributed by atoms with Gasteiger partial charge in [-0.3, -0.25) is 0 Å². The molecule has 0 radical (unpaired) electrons. The van der Waals surface area contributed by atoms with E-state index in [9.17, 15) is 8.42 Å². The maximum atomic E-state index is 12.4. The molecule has 0 aliphatic carbocycles. The van der Waals surface area contributed by atoms with Crippen molar-refractivity contribution in [3.05, 3.63) is 23.2 Å². The van der Waals surface area contributed by atoms with E-state index >= 15 is 0 Å². The van der Waals surface area contributed by atoms with Gasteiger partial charge in [-0.1, -0.05) is 11.6 Å². The molecule has 2 rings (SSSR count). The maximum Gasteiger partial charge on any atom is 0.244 e. The fourth-order valence-electron chi connectivity index (χ4n) is 2.07. The summed E-state index contributed by atoms with van der Waals surface area (Å²) in [5, 5.41) is 0.138. The topological polar surface area (TPSA) is 72.6 Å². The molecule has 7 heteroatoms. The third-order valence-electron chi connectivity index (χ3n) is 3.13. The Labute approximate surface area is 118 Å². The van der Waals surface area contributed by atoms with Crippen LogP contribution >= 0.6 is 11.6 Å². The summed E-state index contributed by atoms with van der Waals surface area (Å²) < 4.78 is 31.5. The van der Waals surface area contributed by atoms with Crippen LogP contribution in [0.5, 0.6) is 0 Å².